The van der Waals surface area contributed by atoms with Crippen LogP contribution in [-0.2, 0) is 32.5 Å². The second-order valence-electron chi connectivity index (χ2n) is 5.95. The van der Waals surface area contributed by atoms with E-state index in [4.69, 9.17) is 0 Å². The quantitative estimate of drug-likeness (QED) is 0.577. The Morgan fingerprint density at radius 1 is 0.850 bits per heavy atom. The van der Waals surface area contributed by atoms with Crippen LogP contribution < -0.4 is 0 Å². The van der Waals surface area contributed by atoms with Gasteiger partial charge >= 0.3 is 22.4 Å². The molecule has 0 atom stereocenters. The van der Waals surface area contributed by atoms with Gasteiger partial charge in [0.05, 0.1) is 4.90 Å². The van der Waals surface area contributed by atoms with E-state index in [1.807, 2.05) is 39.8 Å². The maximum Gasteiger partial charge on any atom is 1.00 e. The van der Waals surface area contributed by atoms with Crippen LogP contribution >= 0.6 is 0 Å². The van der Waals surface area contributed by atoms with Gasteiger partial charge in [0.2, 0.25) is 0 Å². The molecule has 0 bridgehead atoms. The first-order chi connectivity index (χ1) is 8.55. The number of rotatable bonds is 4. The van der Waals surface area contributed by atoms with Gasteiger partial charge in [0, 0.05) is 0 Å². The fourth-order valence-corrected chi connectivity index (χ4v) is 3.34. The summed E-state index contributed by atoms with van der Waals surface area (Å²) in [5.41, 5.74) is 2.37. The van der Waals surface area contributed by atoms with Crippen LogP contribution in [0.25, 0.3) is 0 Å². The molecule has 0 spiro atoms. The zero-order chi connectivity index (χ0) is 15.0. The summed E-state index contributed by atoms with van der Waals surface area (Å²) in [6, 6.07) is 3.73. The van der Waals surface area contributed by atoms with Crippen molar-refractivity contribution in [3.05, 3.63) is 28.8 Å². The molecule has 1 aromatic rings. The minimum absolute atomic E-state index is 0. The molecule has 118 valence electrons. The molecular formula is C15H23AgO3S. The van der Waals surface area contributed by atoms with Gasteiger partial charge in [-0.2, -0.15) is 0 Å². The van der Waals surface area contributed by atoms with Crippen molar-refractivity contribution in [1.82, 2.24) is 0 Å². The van der Waals surface area contributed by atoms with Crippen LogP contribution in [0.4, 0.5) is 0 Å². The molecule has 0 heterocycles. The maximum absolute atomic E-state index is 11.6. The molecular weight excluding hydrogens is 368 g/mol. The summed E-state index contributed by atoms with van der Waals surface area (Å²) in [6.45, 7) is 11.8. The predicted octanol–water partition coefficient (Wildman–Crippen LogP) is 3.96. The average molecular weight is 391 g/mol. The third kappa shape index (κ3) is 4.43. The third-order valence-electron chi connectivity index (χ3n) is 3.33. The van der Waals surface area contributed by atoms with Crippen LogP contribution in [0.3, 0.4) is 0 Å². The second kappa shape index (κ2) is 7.23. The molecule has 0 aliphatic heterocycles. The van der Waals surface area contributed by atoms with E-state index < -0.39 is 10.1 Å². The first kappa shape index (κ1) is 19.9. The van der Waals surface area contributed by atoms with Crippen molar-refractivity contribution in [2.24, 2.45) is 0 Å². The number of hydrogen-bond acceptors (Lipinski definition) is 3. The van der Waals surface area contributed by atoms with Crippen LogP contribution in [0.1, 0.15) is 76.0 Å². The minimum Gasteiger partial charge on any atom is -0.744 e. The molecule has 0 saturated carbocycles. The second-order valence-corrected chi connectivity index (χ2v) is 7.26. The Morgan fingerprint density at radius 2 is 1.20 bits per heavy atom. The molecule has 0 fully saturated rings. The van der Waals surface area contributed by atoms with E-state index in [0.29, 0.717) is 17.0 Å². The van der Waals surface area contributed by atoms with Crippen LogP contribution in [-0.4, -0.2) is 13.0 Å². The molecule has 0 aliphatic carbocycles. The van der Waals surface area contributed by atoms with E-state index in [-0.39, 0.29) is 39.1 Å². The molecule has 0 N–H and O–H groups in total. The van der Waals surface area contributed by atoms with Gasteiger partial charge in [0.25, 0.3) is 0 Å². The van der Waals surface area contributed by atoms with E-state index in [1.165, 1.54) is 0 Å². The summed E-state index contributed by atoms with van der Waals surface area (Å²) in [7, 11) is -4.45. The van der Waals surface area contributed by atoms with Crippen molar-refractivity contribution in [1.29, 1.82) is 0 Å². The van der Waals surface area contributed by atoms with Gasteiger partial charge in [0.1, 0.15) is 10.1 Å². The van der Waals surface area contributed by atoms with Gasteiger partial charge < -0.3 is 4.55 Å². The van der Waals surface area contributed by atoms with Gasteiger partial charge in [-0.25, -0.2) is 8.42 Å². The van der Waals surface area contributed by atoms with Crippen LogP contribution in [0.5, 0.6) is 0 Å². The molecule has 5 heteroatoms. The summed E-state index contributed by atoms with van der Waals surface area (Å²) >= 11 is 0. The van der Waals surface area contributed by atoms with Crippen molar-refractivity contribution in [2.45, 2.75) is 64.2 Å². The van der Waals surface area contributed by atoms with E-state index >= 15 is 0 Å². The Hall–Kier alpha value is -0.130. The Bertz CT molecular complexity index is 531. The summed E-state index contributed by atoms with van der Waals surface area (Å²) in [5, 5.41) is 0. The molecule has 0 aromatic heterocycles. The molecule has 0 aliphatic rings. The standard InChI is InChI=1S/C15H24O3S.Ag/c1-9(2)12-7-13(10(3)4)15(19(16,17)18)14(8-12)11(5)6;/h7-11H,1-6H3,(H,16,17,18);/q;+1/p-1. The molecule has 0 saturated heterocycles. The topological polar surface area (TPSA) is 57.2 Å². The number of benzene rings is 1. The summed E-state index contributed by atoms with van der Waals surface area (Å²) < 4.78 is 34.8. The van der Waals surface area contributed by atoms with Crippen LogP contribution in [0, 0.1) is 0 Å². The Labute approximate surface area is 138 Å². The Balaban J connectivity index is 0.00000361. The van der Waals surface area contributed by atoms with Crippen LogP contribution in [0.15, 0.2) is 17.0 Å². The first-order valence-electron chi connectivity index (χ1n) is 6.69. The molecule has 1 aromatic carbocycles. The summed E-state index contributed by atoms with van der Waals surface area (Å²) in [4.78, 5) is -0.0121. The molecule has 0 unspecified atom stereocenters. The van der Waals surface area contributed by atoms with Crippen molar-refractivity contribution >= 4 is 10.1 Å². The monoisotopic (exact) mass is 390 g/mol. The van der Waals surface area contributed by atoms with E-state index in [2.05, 4.69) is 13.8 Å². The van der Waals surface area contributed by atoms with Gasteiger partial charge in [-0.3, -0.25) is 0 Å². The largest absolute Gasteiger partial charge is 1.00 e. The smallest absolute Gasteiger partial charge is 0.744 e. The maximum atomic E-state index is 11.6. The summed E-state index contributed by atoms with van der Waals surface area (Å²) in [5.74, 6) is 0.322. The Morgan fingerprint density at radius 3 is 1.40 bits per heavy atom. The normalized spacial score (nSPS) is 12.1. The SMILES string of the molecule is CC(C)c1cc(C(C)C)c(S(=O)(=O)[O-])c(C(C)C)c1.[Ag+]. The van der Waals surface area contributed by atoms with Gasteiger partial charge in [-0.1, -0.05) is 53.7 Å². The average Bonchev–Trinajstić information content (AvgIpc) is 2.25. The predicted molar refractivity (Wildman–Crippen MR) is 76.7 cm³/mol. The zero-order valence-electron chi connectivity index (χ0n) is 12.8. The van der Waals surface area contributed by atoms with E-state index in [9.17, 15) is 13.0 Å². The fourth-order valence-electron chi connectivity index (χ4n) is 2.18. The first-order valence-corrected chi connectivity index (χ1v) is 8.10. The minimum atomic E-state index is -4.45. The van der Waals surface area contributed by atoms with Gasteiger partial charge in [-0.15, -0.1) is 0 Å². The molecule has 20 heavy (non-hydrogen) atoms. The number of hydrogen-bond donors (Lipinski definition) is 0. The molecule has 0 amide bonds. The third-order valence-corrected chi connectivity index (χ3v) is 4.30. The fraction of sp³-hybridized carbons (Fsp3) is 0.600. The van der Waals surface area contributed by atoms with Crippen molar-refractivity contribution in [3.63, 3.8) is 0 Å². The van der Waals surface area contributed by atoms with Crippen molar-refractivity contribution < 1.29 is 35.4 Å². The zero-order valence-corrected chi connectivity index (χ0v) is 15.1. The molecule has 3 nitrogen and oxygen atoms in total. The molecule has 0 radical (unpaired) electrons. The van der Waals surface area contributed by atoms with Gasteiger partial charge in [0.15, 0.2) is 0 Å². The van der Waals surface area contributed by atoms with Gasteiger partial charge in [-0.05, 0) is 34.4 Å². The van der Waals surface area contributed by atoms with Crippen LogP contribution in [0.2, 0.25) is 0 Å². The van der Waals surface area contributed by atoms with Crippen molar-refractivity contribution in [3.8, 4) is 0 Å². The summed E-state index contributed by atoms with van der Waals surface area (Å²) in [6.07, 6.45) is 0. The van der Waals surface area contributed by atoms with E-state index in [1.54, 1.807) is 0 Å². The van der Waals surface area contributed by atoms with Crippen molar-refractivity contribution in [2.75, 3.05) is 0 Å². The molecule has 1 rings (SSSR count). The Kier molecular flexibility index (Phi) is 7.18. The van der Waals surface area contributed by atoms with E-state index in [0.717, 1.165) is 5.56 Å².